The molecule has 152 valence electrons. The van der Waals surface area contributed by atoms with Gasteiger partial charge in [0.05, 0.1) is 29.1 Å². The Balaban J connectivity index is 1.46. The highest BCUT2D eigenvalue weighted by Gasteiger charge is 2.31. The number of benzene rings is 1. The molecular formula is C21H23N3O3S2. The molecule has 1 saturated heterocycles. The molecule has 29 heavy (non-hydrogen) atoms. The number of carbonyl (C=O) groups excluding carboxylic acids is 1. The number of ketones is 1. The van der Waals surface area contributed by atoms with Crippen molar-refractivity contribution in [3.8, 4) is 11.3 Å². The van der Waals surface area contributed by atoms with E-state index in [0.29, 0.717) is 17.1 Å². The van der Waals surface area contributed by atoms with Gasteiger partial charge in [-0.2, -0.15) is 0 Å². The first-order chi connectivity index (χ1) is 13.8. The number of hydrogen-bond acceptors (Lipinski definition) is 5. The van der Waals surface area contributed by atoms with E-state index in [2.05, 4.69) is 9.97 Å². The van der Waals surface area contributed by atoms with E-state index >= 15 is 0 Å². The number of aryl methyl sites for hydroxylation is 1. The highest BCUT2D eigenvalue weighted by molar-refractivity contribution is 7.99. The number of hydrogen-bond donors (Lipinski definition) is 1. The number of Topliss-reactive ketones (excluding diaryl/α,β-unsaturated/α-hetero) is 1. The van der Waals surface area contributed by atoms with Gasteiger partial charge in [-0.05, 0) is 31.9 Å². The summed E-state index contributed by atoms with van der Waals surface area (Å²) < 4.78 is 25.7. The number of nitrogens with one attached hydrogen (secondary N) is 1. The lowest BCUT2D eigenvalue weighted by Gasteiger charge is -2.16. The van der Waals surface area contributed by atoms with Gasteiger partial charge in [0, 0.05) is 23.0 Å². The summed E-state index contributed by atoms with van der Waals surface area (Å²) in [5, 5.41) is 0.702. The van der Waals surface area contributed by atoms with E-state index in [-0.39, 0.29) is 29.1 Å². The Morgan fingerprint density at radius 3 is 2.72 bits per heavy atom. The first-order valence-corrected chi connectivity index (χ1v) is 12.3. The Kier molecular flexibility index (Phi) is 5.40. The largest absolute Gasteiger partial charge is 0.344 e. The van der Waals surface area contributed by atoms with E-state index in [1.165, 1.54) is 11.8 Å². The fourth-order valence-corrected chi connectivity index (χ4v) is 6.39. The number of imidazole rings is 1. The average molecular weight is 430 g/mol. The van der Waals surface area contributed by atoms with E-state index in [4.69, 9.17) is 0 Å². The van der Waals surface area contributed by atoms with Gasteiger partial charge in [-0.1, -0.05) is 42.1 Å². The van der Waals surface area contributed by atoms with Crippen LogP contribution in [-0.2, 0) is 9.84 Å². The van der Waals surface area contributed by atoms with Crippen molar-refractivity contribution in [2.45, 2.75) is 31.5 Å². The molecule has 0 aliphatic carbocycles. The van der Waals surface area contributed by atoms with Gasteiger partial charge >= 0.3 is 0 Å². The van der Waals surface area contributed by atoms with Crippen LogP contribution in [-0.4, -0.2) is 46.0 Å². The van der Waals surface area contributed by atoms with Crippen molar-refractivity contribution in [3.63, 3.8) is 0 Å². The molecule has 2 aromatic heterocycles. The van der Waals surface area contributed by atoms with Gasteiger partial charge in [0.25, 0.3) is 0 Å². The number of sulfone groups is 1. The van der Waals surface area contributed by atoms with Crippen molar-refractivity contribution in [1.29, 1.82) is 0 Å². The minimum Gasteiger partial charge on any atom is -0.344 e. The molecule has 0 amide bonds. The Bertz CT molecular complexity index is 1150. The number of rotatable bonds is 6. The van der Waals surface area contributed by atoms with E-state index in [1.54, 1.807) is 6.20 Å². The third-order valence-corrected chi connectivity index (χ3v) is 7.97. The minimum atomic E-state index is -2.98. The molecule has 1 unspecified atom stereocenters. The standard InChI is InChI=1S/C21H23N3O3S2/c1-14-10-18(15(2)24(14)17-8-9-29(26,27)13-17)20(25)12-28-21-22-11-19(23-21)16-6-4-3-5-7-16/h3-7,10-11,17H,8-9,12-13H2,1-2H3,(H,22,23). The topological polar surface area (TPSA) is 84.8 Å². The number of carbonyl (C=O) groups is 1. The molecule has 1 fully saturated rings. The van der Waals surface area contributed by atoms with Crippen molar-refractivity contribution < 1.29 is 13.2 Å². The fraction of sp³-hybridized carbons (Fsp3) is 0.333. The summed E-state index contributed by atoms with van der Waals surface area (Å²) in [4.78, 5) is 20.4. The van der Waals surface area contributed by atoms with E-state index in [1.807, 2.05) is 54.8 Å². The molecule has 6 nitrogen and oxygen atoms in total. The molecule has 0 radical (unpaired) electrons. The second kappa shape index (κ2) is 7.84. The quantitative estimate of drug-likeness (QED) is 0.475. The molecule has 4 rings (SSSR count). The normalized spacial score (nSPS) is 18.2. The monoisotopic (exact) mass is 429 g/mol. The summed E-state index contributed by atoms with van der Waals surface area (Å²) in [6.07, 6.45) is 2.38. The van der Waals surface area contributed by atoms with Crippen molar-refractivity contribution in [2.24, 2.45) is 0 Å². The molecule has 0 saturated carbocycles. The van der Waals surface area contributed by atoms with Gasteiger partial charge in [-0.15, -0.1) is 0 Å². The number of aromatic amines is 1. The average Bonchev–Trinajstić information content (AvgIpc) is 3.38. The van der Waals surface area contributed by atoms with Crippen LogP contribution in [0.5, 0.6) is 0 Å². The van der Waals surface area contributed by atoms with E-state index in [0.717, 1.165) is 22.6 Å². The molecule has 1 aliphatic heterocycles. The van der Waals surface area contributed by atoms with Crippen LogP contribution in [0.2, 0.25) is 0 Å². The smallest absolute Gasteiger partial charge is 0.175 e. The Hall–Kier alpha value is -2.32. The van der Waals surface area contributed by atoms with E-state index < -0.39 is 9.84 Å². The molecule has 1 aliphatic rings. The third-order valence-electron chi connectivity index (χ3n) is 5.34. The molecule has 0 spiro atoms. The van der Waals surface area contributed by atoms with Crippen molar-refractivity contribution >= 4 is 27.4 Å². The van der Waals surface area contributed by atoms with Crippen molar-refractivity contribution in [1.82, 2.24) is 14.5 Å². The van der Waals surface area contributed by atoms with Crippen LogP contribution in [0.3, 0.4) is 0 Å². The van der Waals surface area contributed by atoms with Crippen LogP contribution in [0.15, 0.2) is 47.8 Å². The molecule has 1 N–H and O–H groups in total. The summed E-state index contributed by atoms with van der Waals surface area (Å²) in [7, 11) is -2.98. The molecule has 8 heteroatoms. The molecule has 1 atom stereocenters. The SMILES string of the molecule is Cc1cc(C(=O)CSc2ncc(-c3ccccc3)[nH]2)c(C)n1C1CCS(=O)(=O)C1. The summed E-state index contributed by atoms with van der Waals surface area (Å²) in [6, 6.07) is 11.7. The van der Waals surface area contributed by atoms with E-state index in [9.17, 15) is 13.2 Å². The number of nitrogens with zero attached hydrogens (tertiary/aromatic N) is 2. The lowest BCUT2D eigenvalue weighted by Crippen LogP contribution is -2.14. The second-order valence-electron chi connectivity index (χ2n) is 7.39. The maximum Gasteiger partial charge on any atom is 0.175 e. The van der Waals surface area contributed by atoms with Crippen LogP contribution in [0, 0.1) is 13.8 Å². The predicted octanol–water partition coefficient (Wildman–Crippen LogP) is 3.83. The van der Waals surface area contributed by atoms with Gasteiger partial charge in [0.15, 0.2) is 20.8 Å². The Morgan fingerprint density at radius 1 is 1.28 bits per heavy atom. The number of aromatic nitrogens is 3. The molecule has 3 heterocycles. The molecule has 1 aromatic carbocycles. The zero-order valence-electron chi connectivity index (χ0n) is 16.4. The van der Waals surface area contributed by atoms with Crippen LogP contribution in [0.1, 0.15) is 34.2 Å². The first kappa shape index (κ1) is 20.0. The predicted molar refractivity (Wildman–Crippen MR) is 115 cm³/mol. The van der Waals surface area contributed by atoms with Crippen molar-refractivity contribution in [2.75, 3.05) is 17.3 Å². The lowest BCUT2D eigenvalue weighted by molar-refractivity contribution is 0.102. The summed E-state index contributed by atoms with van der Waals surface area (Å²) >= 11 is 1.37. The maximum absolute atomic E-state index is 12.8. The van der Waals surface area contributed by atoms with Crippen LogP contribution in [0.25, 0.3) is 11.3 Å². The summed E-state index contributed by atoms with van der Waals surface area (Å²) in [6.45, 7) is 3.83. The highest BCUT2D eigenvalue weighted by atomic mass is 32.2. The molecular weight excluding hydrogens is 406 g/mol. The van der Waals surface area contributed by atoms with Crippen LogP contribution in [0.4, 0.5) is 0 Å². The van der Waals surface area contributed by atoms with Gasteiger partial charge in [0.2, 0.25) is 0 Å². The summed E-state index contributed by atoms with van der Waals surface area (Å²) in [5.74, 6) is 0.666. The van der Waals surface area contributed by atoms with Gasteiger partial charge in [-0.25, -0.2) is 13.4 Å². The zero-order chi connectivity index (χ0) is 20.6. The lowest BCUT2D eigenvalue weighted by atomic mass is 10.2. The third kappa shape index (κ3) is 4.18. The molecule has 3 aromatic rings. The van der Waals surface area contributed by atoms with Crippen LogP contribution >= 0.6 is 11.8 Å². The van der Waals surface area contributed by atoms with Gasteiger partial charge in [-0.3, -0.25) is 4.79 Å². The Labute approximate surface area is 174 Å². The Morgan fingerprint density at radius 2 is 2.03 bits per heavy atom. The molecule has 0 bridgehead atoms. The van der Waals surface area contributed by atoms with Gasteiger partial charge < -0.3 is 9.55 Å². The van der Waals surface area contributed by atoms with Gasteiger partial charge in [0.1, 0.15) is 0 Å². The second-order valence-corrected chi connectivity index (χ2v) is 10.6. The number of thioether (sulfide) groups is 1. The number of H-pyrrole nitrogens is 1. The minimum absolute atomic E-state index is 0.0212. The fourth-order valence-electron chi connectivity index (χ4n) is 3.95. The maximum atomic E-state index is 12.8. The highest BCUT2D eigenvalue weighted by Crippen LogP contribution is 2.30. The first-order valence-electron chi connectivity index (χ1n) is 9.49. The van der Waals surface area contributed by atoms with Crippen molar-refractivity contribution in [3.05, 3.63) is 59.5 Å². The van der Waals surface area contributed by atoms with Crippen LogP contribution < -0.4 is 0 Å². The summed E-state index contributed by atoms with van der Waals surface area (Å²) in [5.41, 5.74) is 4.41. The zero-order valence-corrected chi connectivity index (χ0v) is 18.0.